The van der Waals surface area contributed by atoms with Crippen LogP contribution in [0.5, 0.6) is 0 Å². The van der Waals surface area contributed by atoms with Gasteiger partial charge in [0.05, 0.1) is 5.02 Å². The highest BCUT2D eigenvalue weighted by atomic mass is 35.5. The summed E-state index contributed by atoms with van der Waals surface area (Å²) in [7, 11) is 0. The van der Waals surface area contributed by atoms with Gasteiger partial charge in [0.15, 0.2) is 5.69 Å². The minimum atomic E-state index is -1.13. The number of aryl methyl sites for hydroxylation is 1. The Labute approximate surface area is 124 Å². The van der Waals surface area contributed by atoms with Gasteiger partial charge in [0.1, 0.15) is 5.82 Å². The van der Waals surface area contributed by atoms with Crippen molar-refractivity contribution in [2.45, 2.75) is 13.0 Å². The highest BCUT2D eigenvalue weighted by Gasteiger charge is 2.09. The van der Waals surface area contributed by atoms with Gasteiger partial charge in [0, 0.05) is 24.8 Å². The van der Waals surface area contributed by atoms with Crippen LogP contribution in [0.15, 0.2) is 30.5 Å². The van der Waals surface area contributed by atoms with Crippen LogP contribution in [-0.4, -0.2) is 26.8 Å². The summed E-state index contributed by atoms with van der Waals surface area (Å²) in [5.41, 5.74) is 0.304. The van der Waals surface area contributed by atoms with Crippen LogP contribution in [0.25, 0.3) is 0 Å². The minimum Gasteiger partial charge on any atom is -0.476 e. The third-order valence-corrected chi connectivity index (χ3v) is 2.92. The first kappa shape index (κ1) is 15.0. The quantitative estimate of drug-likeness (QED) is 0.888. The summed E-state index contributed by atoms with van der Waals surface area (Å²) in [6.07, 6.45) is 1.57. The molecule has 0 bridgehead atoms. The molecule has 0 unspecified atom stereocenters. The first-order chi connectivity index (χ1) is 9.95. The minimum absolute atomic E-state index is 0.0778. The first-order valence-corrected chi connectivity index (χ1v) is 6.35. The van der Waals surface area contributed by atoms with E-state index < -0.39 is 11.8 Å². The predicted molar refractivity (Wildman–Crippen MR) is 73.8 cm³/mol. The Hall–Kier alpha value is -2.41. The number of amides is 1. The van der Waals surface area contributed by atoms with Crippen molar-refractivity contribution < 1.29 is 19.1 Å². The van der Waals surface area contributed by atoms with E-state index in [1.807, 2.05) is 0 Å². The van der Waals surface area contributed by atoms with Gasteiger partial charge < -0.3 is 10.4 Å². The number of aromatic carboxylic acids is 1. The molecule has 1 amide bonds. The van der Waals surface area contributed by atoms with Gasteiger partial charge in [-0.3, -0.25) is 9.48 Å². The van der Waals surface area contributed by atoms with Gasteiger partial charge >= 0.3 is 5.97 Å². The van der Waals surface area contributed by atoms with E-state index in [2.05, 4.69) is 10.4 Å². The Kier molecular flexibility index (Phi) is 4.54. The molecular formula is C13H11ClFN3O3. The Morgan fingerprint density at radius 1 is 1.38 bits per heavy atom. The van der Waals surface area contributed by atoms with E-state index in [4.69, 9.17) is 16.7 Å². The van der Waals surface area contributed by atoms with Crippen LogP contribution in [0.3, 0.4) is 0 Å². The zero-order valence-corrected chi connectivity index (χ0v) is 11.5. The number of nitrogens with one attached hydrogen (secondary N) is 1. The third-order valence-electron chi connectivity index (χ3n) is 2.63. The molecule has 2 N–H and O–H groups in total. The van der Waals surface area contributed by atoms with Gasteiger partial charge in [-0.15, -0.1) is 0 Å². The predicted octanol–water partition coefficient (Wildman–Crippen LogP) is 2.40. The van der Waals surface area contributed by atoms with Gasteiger partial charge in [-0.1, -0.05) is 11.6 Å². The number of hydrogen-bond donors (Lipinski definition) is 2. The topological polar surface area (TPSA) is 84.2 Å². The molecule has 1 aromatic heterocycles. The second-order valence-electron chi connectivity index (χ2n) is 4.20. The smallest absolute Gasteiger partial charge is 0.356 e. The van der Waals surface area contributed by atoms with E-state index in [1.54, 1.807) is 0 Å². The number of rotatable bonds is 5. The van der Waals surface area contributed by atoms with E-state index in [-0.39, 0.29) is 29.6 Å². The Bertz CT molecular complexity index is 687. The number of carboxylic acid groups (broad SMARTS) is 1. The summed E-state index contributed by atoms with van der Waals surface area (Å²) in [6.45, 7) is 0.230. The van der Waals surface area contributed by atoms with Crippen molar-refractivity contribution in [3.8, 4) is 0 Å². The number of carbonyl (C=O) groups excluding carboxylic acids is 1. The normalized spacial score (nSPS) is 10.4. The van der Waals surface area contributed by atoms with Crippen molar-refractivity contribution in [1.29, 1.82) is 0 Å². The summed E-state index contributed by atoms with van der Waals surface area (Å²) in [5, 5.41) is 15.0. The summed E-state index contributed by atoms with van der Waals surface area (Å²) < 4.78 is 14.3. The lowest BCUT2D eigenvalue weighted by Crippen LogP contribution is -2.15. The highest BCUT2D eigenvalue weighted by Crippen LogP contribution is 2.19. The molecule has 2 aromatic rings. The maximum absolute atomic E-state index is 13.0. The monoisotopic (exact) mass is 311 g/mol. The fourth-order valence-electron chi connectivity index (χ4n) is 1.61. The lowest BCUT2D eigenvalue weighted by atomic mass is 10.3. The van der Waals surface area contributed by atoms with Gasteiger partial charge in [-0.2, -0.15) is 5.10 Å². The molecule has 0 aliphatic rings. The largest absolute Gasteiger partial charge is 0.476 e. The highest BCUT2D eigenvalue weighted by molar-refractivity contribution is 6.31. The maximum Gasteiger partial charge on any atom is 0.356 e. The average molecular weight is 312 g/mol. The Morgan fingerprint density at radius 3 is 2.76 bits per heavy atom. The van der Waals surface area contributed by atoms with Crippen LogP contribution in [-0.2, 0) is 11.3 Å². The lowest BCUT2D eigenvalue weighted by molar-refractivity contribution is -0.116. The average Bonchev–Trinajstić information content (AvgIpc) is 2.90. The summed E-state index contributed by atoms with van der Waals surface area (Å²) in [5.74, 6) is -2.00. The van der Waals surface area contributed by atoms with Crippen molar-refractivity contribution >= 4 is 29.2 Å². The SMILES string of the molecule is O=C(CCn1ccc(C(=O)O)n1)Nc1ccc(F)c(Cl)c1. The molecule has 0 atom stereocenters. The van der Waals surface area contributed by atoms with E-state index in [1.165, 1.54) is 29.1 Å². The fourth-order valence-corrected chi connectivity index (χ4v) is 1.79. The van der Waals surface area contributed by atoms with Gasteiger partial charge in [0.2, 0.25) is 5.91 Å². The number of hydrogen-bond acceptors (Lipinski definition) is 3. The molecule has 0 radical (unpaired) electrons. The zero-order valence-electron chi connectivity index (χ0n) is 10.7. The molecule has 0 spiro atoms. The summed E-state index contributed by atoms with van der Waals surface area (Å²) >= 11 is 5.61. The van der Waals surface area contributed by atoms with Crippen molar-refractivity contribution in [3.05, 3.63) is 47.0 Å². The first-order valence-electron chi connectivity index (χ1n) is 5.97. The van der Waals surface area contributed by atoms with Crippen LogP contribution in [0, 0.1) is 5.82 Å². The van der Waals surface area contributed by atoms with Crippen molar-refractivity contribution in [2.24, 2.45) is 0 Å². The maximum atomic E-state index is 13.0. The second kappa shape index (κ2) is 6.36. The zero-order chi connectivity index (χ0) is 15.4. The number of benzene rings is 1. The standard InChI is InChI=1S/C13H11ClFN3O3/c14-9-7-8(1-2-10(9)15)16-12(19)4-6-18-5-3-11(17-18)13(20)21/h1-3,5,7H,4,6H2,(H,16,19)(H,20,21). The molecule has 2 rings (SSSR count). The number of carboxylic acids is 1. The van der Waals surface area contributed by atoms with Crippen LogP contribution in [0.1, 0.15) is 16.9 Å². The van der Waals surface area contributed by atoms with Gasteiger partial charge in [-0.05, 0) is 24.3 Å². The molecule has 110 valence electrons. The van der Waals surface area contributed by atoms with Crippen molar-refractivity contribution in [3.63, 3.8) is 0 Å². The summed E-state index contributed by atoms with van der Waals surface area (Å²) in [4.78, 5) is 22.4. The van der Waals surface area contributed by atoms with Crippen LogP contribution < -0.4 is 5.32 Å². The third kappa shape index (κ3) is 4.03. The lowest BCUT2D eigenvalue weighted by Gasteiger charge is -2.06. The number of nitrogens with zero attached hydrogens (tertiary/aromatic N) is 2. The van der Waals surface area contributed by atoms with E-state index in [9.17, 15) is 14.0 Å². The molecule has 0 aliphatic heterocycles. The Morgan fingerprint density at radius 2 is 2.14 bits per heavy atom. The molecule has 21 heavy (non-hydrogen) atoms. The molecule has 6 nitrogen and oxygen atoms in total. The van der Waals surface area contributed by atoms with E-state index >= 15 is 0 Å². The van der Waals surface area contributed by atoms with Crippen LogP contribution in [0.4, 0.5) is 10.1 Å². The van der Waals surface area contributed by atoms with Crippen molar-refractivity contribution in [1.82, 2.24) is 9.78 Å². The molecule has 0 fully saturated rings. The number of carbonyl (C=O) groups is 2. The van der Waals surface area contributed by atoms with E-state index in [0.29, 0.717) is 5.69 Å². The second-order valence-corrected chi connectivity index (χ2v) is 4.60. The number of halogens is 2. The van der Waals surface area contributed by atoms with E-state index in [0.717, 1.165) is 6.07 Å². The molecule has 1 heterocycles. The molecule has 0 saturated carbocycles. The molecular weight excluding hydrogens is 301 g/mol. The number of anilines is 1. The van der Waals surface area contributed by atoms with Crippen LogP contribution in [0.2, 0.25) is 5.02 Å². The number of aromatic nitrogens is 2. The Balaban J connectivity index is 1.89. The van der Waals surface area contributed by atoms with Gasteiger partial charge in [-0.25, -0.2) is 9.18 Å². The van der Waals surface area contributed by atoms with Crippen LogP contribution >= 0.6 is 11.6 Å². The fraction of sp³-hybridized carbons (Fsp3) is 0.154. The molecule has 0 saturated heterocycles. The summed E-state index contributed by atoms with van der Waals surface area (Å²) in [6, 6.07) is 5.21. The van der Waals surface area contributed by atoms with Gasteiger partial charge in [0.25, 0.3) is 0 Å². The molecule has 0 aliphatic carbocycles. The van der Waals surface area contributed by atoms with Crippen molar-refractivity contribution in [2.75, 3.05) is 5.32 Å². The molecule has 1 aromatic carbocycles. The molecule has 8 heteroatoms.